The molecule has 1 amide bonds. The molecule has 0 atom stereocenters. The van der Waals surface area contributed by atoms with E-state index in [1.807, 2.05) is 0 Å². The van der Waals surface area contributed by atoms with Gasteiger partial charge in [0.15, 0.2) is 0 Å². The number of aliphatic hydroxyl groups is 1. The molecule has 0 unspecified atom stereocenters. The Bertz CT molecular complexity index is 373. The van der Waals surface area contributed by atoms with E-state index >= 15 is 0 Å². The molecular formula is C10H11NO5. The number of carbonyl (C=O) groups is 2. The van der Waals surface area contributed by atoms with Crippen molar-refractivity contribution in [2.24, 2.45) is 0 Å². The van der Waals surface area contributed by atoms with Gasteiger partial charge in [-0.25, -0.2) is 4.79 Å². The number of ether oxygens (including phenoxy) is 1. The molecule has 1 rings (SSSR count). The first-order chi connectivity index (χ1) is 7.63. The molecule has 16 heavy (non-hydrogen) atoms. The van der Waals surface area contributed by atoms with Crippen LogP contribution in [0.4, 0.5) is 5.69 Å². The predicted octanol–water partition coefficient (Wildman–Crippen LogP) is -0.134. The number of esters is 1. The summed E-state index contributed by atoms with van der Waals surface area (Å²) in [6.45, 7) is -0.555. The molecule has 6 heteroatoms. The molecule has 0 aliphatic heterocycles. The summed E-state index contributed by atoms with van der Waals surface area (Å²) < 4.78 is 4.40. The molecule has 0 aliphatic rings. The summed E-state index contributed by atoms with van der Waals surface area (Å²) in [4.78, 5) is 22.2. The first-order valence-corrected chi connectivity index (χ1v) is 4.51. The van der Waals surface area contributed by atoms with Gasteiger partial charge >= 0.3 is 11.9 Å². The molecule has 0 saturated carbocycles. The fourth-order valence-electron chi connectivity index (χ4n) is 0.931. The number of rotatable bonds is 3. The van der Waals surface area contributed by atoms with E-state index in [0.29, 0.717) is 5.69 Å². The van der Waals surface area contributed by atoms with Crippen molar-refractivity contribution in [3.8, 4) is 5.75 Å². The average Bonchev–Trinajstić information content (AvgIpc) is 2.29. The Morgan fingerprint density at radius 1 is 1.25 bits per heavy atom. The smallest absolute Gasteiger partial charge is 0.397 e. The highest BCUT2D eigenvalue weighted by atomic mass is 16.5. The van der Waals surface area contributed by atoms with Gasteiger partial charge in [0.05, 0.1) is 6.61 Å². The Balaban J connectivity index is 2.51. The highest BCUT2D eigenvalue weighted by molar-refractivity contribution is 6.37. The van der Waals surface area contributed by atoms with E-state index in [4.69, 9.17) is 10.2 Å². The lowest BCUT2D eigenvalue weighted by molar-refractivity contribution is -0.153. The number of hydrogen-bond acceptors (Lipinski definition) is 5. The fraction of sp³-hybridized carbons (Fsp3) is 0.200. The third-order valence-corrected chi connectivity index (χ3v) is 1.64. The minimum Gasteiger partial charge on any atom is -0.508 e. The van der Waals surface area contributed by atoms with E-state index in [2.05, 4.69) is 10.1 Å². The standard InChI is InChI=1S/C10H11NO5/c12-5-6-16-10(15)9(14)11-7-1-3-8(13)4-2-7/h1-4,12-13H,5-6H2,(H,11,14). The molecule has 6 nitrogen and oxygen atoms in total. The number of phenols is 1. The molecule has 0 saturated heterocycles. The number of phenolic OH excluding ortho intramolecular Hbond substituents is 1. The summed E-state index contributed by atoms with van der Waals surface area (Å²) in [5.41, 5.74) is 0.365. The molecule has 0 aromatic heterocycles. The number of hydrogen-bond donors (Lipinski definition) is 3. The van der Waals surface area contributed by atoms with Crippen LogP contribution in [-0.2, 0) is 14.3 Å². The van der Waals surface area contributed by atoms with Crippen molar-refractivity contribution < 1.29 is 24.5 Å². The summed E-state index contributed by atoms with van der Waals surface area (Å²) >= 11 is 0. The van der Waals surface area contributed by atoms with E-state index in [9.17, 15) is 9.59 Å². The van der Waals surface area contributed by atoms with Crippen LogP contribution >= 0.6 is 0 Å². The Kier molecular flexibility index (Phi) is 4.28. The summed E-state index contributed by atoms with van der Waals surface area (Å²) in [6.07, 6.45) is 0. The number of amides is 1. The second-order valence-corrected chi connectivity index (χ2v) is 2.86. The molecule has 86 valence electrons. The van der Waals surface area contributed by atoms with Crippen molar-refractivity contribution in [3.05, 3.63) is 24.3 Å². The second kappa shape index (κ2) is 5.72. The van der Waals surface area contributed by atoms with Gasteiger partial charge in [0.1, 0.15) is 12.4 Å². The van der Waals surface area contributed by atoms with Crippen LogP contribution in [0.2, 0.25) is 0 Å². The number of benzene rings is 1. The van der Waals surface area contributed by atoms with Crippen molar-refractivity contribution in [2.75, 3.05) is 18.5 Å². The topological polar surface area (TPSA) is 95.9 Å². The fourth-order valence-corrected chi connectivity index (χ4v) is 0.931. The number of nitrogens with one attached hydrogen (secondary N) is 1. The van der Waals surface area contributed by atoms with Crippen LogP contribution in [0.25, 0.3) is 0 Å². The maximum Gasteiger partial charge on any atom is 0.397 e. The zero-order valence-electron chi connectivity index (χ0n) is 8.34. The van der Waals surface area contributed by atoms with E-state index in [0.717, 1.165) is 0 Å². The van der Waals surface area contributed by atoms with Crippen molar-refractivity contribution in [1.82, 2.24) is 0 Å². The molecule has 1 aromatic rings. The Morgan fingerprint density at radius 2 is 1.88 bits per heavy atom. The summed E-state index contributed by atoms with van der Waals surface area (Å²) in [5.74, 6) is -1.94. The quantitative estimate of drug-likeness (QED) is 0.378. The number of aliphatic hydroxyl groups excluding tert-OH is 1. The lowest BCUT2D eigenvalue weighted by atomic mass is 10.3. The van der Waals surface area contributed by atoms with Gasteiger partial charge in [0.25, 0.3) is 0 Å². The number of carbonyl (C=O) groups excluding carboxylic acids is 2. The Labute approximate surface area is 91.5 Å². The van der Waals surface area contributed by atoms with Crippen LogP contribution in [0, 0.1) is 0 Å². The van der Waals surface area contributed by atoms with Crippen LogP contribution in [-0.4, -0.2) is 35.3 Å². The monoisotopic (exact) mass is 225 g/mol. The van der Waals surface area contributed by atoms with Gasteiger partial charge in [-0.2, -0.15) is 0 Å². The zero-order chi connectivity index (χ0) is 12.0. The van der Waals surface area contributed by atoms with Crippen molar-refractivity contribution in [3.63, 3.8) is 0 Å². The third kappa shape index (κ3) is 3.58. The summed E-state index contributed by atoms with van der Waals surface area (Å²) in [6, 6.07) is 5.61. The van der Waals surface area contributed by atoms with Gasteiger partial charge in [-0.15, -0.1) is 0 Å². The minimum atomic E-state index is -1.07. The summed E-state index contributed by atoms with van der Waals surface area (Å²) in [5, 5.41) is 19.6. The minimum absolute atomic E-state index is 0.0563. The average molecular weight is 225 g/mol. The maximum atomic E-state index is 11.2. The lowest BCUT2D eigenvalue weighted by Crippen LogP contribution is -2.25. The van der Waals surface area contributed by atoms with Gasteiger partial charge in [0, 0.05) is 5.69 Å². The van der Waals surface area contributed by atoms with E-state index < -0.39 is 11.9 Å². The molecule has 3 N–H and O–H groups in total. The largest absolute Gasteiger partial charge is 0.508 e. The number of aromatic hydroxyl groups is 1. The molecule has 0 heterocycles. The van der Waals surface area contributed by atoms with Crippen LogP contribution < -0.4 is 5.32 Å². The summed E-state index contributed by atoms with van der Waals surface area (Å²) in [7, 11) is 0. The lowest BCUT2D eigenvalue weighted by Gasteiger charge is -2.04. The van der Waals surface area contributed by atoms with Gasteiger partial charge < -0.3 is 20.3 Å². The van der Waals surface area contributed by atoms with Crippen LogP contribution in [0.3, 0.4) is 0 Å². The van der Waals surface area contributed by atoms with Crippen LogP contribution in [0.5, 0.6) is 5.75 Å². The first kappa shape index (κ1) is 12.0. The highest BCUT2D eigenvalue weighted by Gasteiger charge is 2.14. The molecule has 0 aliphatic carbocycles. The van der Waals surface area contributed by atoms with Crippen molar-refractivity contribution in [1.29, 1.82) is 0 Å². The predicted molar refractivity (Wildman–Crippen MR) is 54.8 cm³/mol. The maximum absolute atomic E-state index is 11.2. The number of anilines is 1. The van der Waals surface area contributed by atoms with Crippen LogP contribution in [0.1, 0.15) is 0 Å². The molecule has 0 fully saturated rings. The zero-order valence-corrected chi connectivity index (χ0v) is 8.34. The first-order valence-electron chi connectivity index (χ1n) is 4.51. The second-order valence-electron chi connectivity index (χ2n) is 2.86. The van der Waals surface area contributed by atoms with Crippen molar-refractivity contribution >= 4 is 17.6 Å². The van der Waals surface area contributed by atoms with Gasteiger partial charge in [0.2, 0.25) is 0 Å². The Hall–Kier alpha value is -2.08. The van der Waals surface area contributed by atoms with Gasteiger partial charge in [-0.05, 0) is 24.3 Å². The van der Waals surface area contributed by atoms with Gasteiger partial charge in [-0.1, -0.05) is 0 Å². The molecule has 0 spiro atoms. The van der Waals surface area contributed by atoms with Gasteiger partial charge in [-0.3, -0.25) is 4.79 Å². The normalized spacial score (nSPS) is 9.56. The molecular weight excluding hydrogens is 214 g/mol. The SMILES string of the molecule is O=C(Nc1ccc(O)cc1)C(=O)OCCO. The third-order valence-electron chi connectivity index (χ3n) is 1.64. The molecule has 0 bridgehead atoms. The highest BCUT2D eigenvalue weighted by Crippen LogP contribution is 2.13. The van der Waals surface area contributed by atoms with Crippen molar-refractivity contribution in [2.45, 2.75) is 0 Å². The van der Waals surface area contributed by atoms with E-state index in [1.54, 1.807) is 0 Å². The van der Waals surface area contributed by atoms with E-state index in [-0.39, 0.29) is 19.0 Å². The Morgan fingerprint density at radius 3 is 2.44 bits per heavy atom. The van der Waals surface area contributed by atoms with Crippen LogP contribution in [0.15, 0.2) is 24.3 Å². The van der Waals surface area contributed by atoms with E-state index in [1.165, 1.54) is 24.3 Å². The molecule has 1 aromatic carbocycles. The molecule has 0 radical (unpaired) electrons.